The number of nitrogens with zero attached hydrogens (tertiary/aromatic N) is 2. The Morgan fingerprint density at radius 1 is 1.15 bits per heavy atom. The molecule has 0 atom stereocenters. The van der Waals surface area contributed by atoms with Crippen molar-refractivity contribution in [2.75, 3.05) is 5.73 Å². The Kier molecular flexibility index (Phi) is 3.48. The van der Waals surface area contributed by atoms with Gasteiger partial charge in [0.05, 0.1) is 11.1 Å². The molecule has 0 aliphatic carbocycles. The maximum atomic E-state index is 12.4. The molecule has 0 bridgehead atoms. The summed E-state index contributed by atoms with van der Waals surface area (Å²) >= 11 is 0. The van der Waals surface area contributed by atoms with Gasteiger partial charge in [0.15, 0.2) is 0 Å². The van der Waals surface area contributed by atoms with Gasteiger partial charge >= 0.3 is 6.18 Å². The zero-order chi connectivity index (χ0) is 14.8. The van der Waals surface area contributed by atoms with Crippen LogP contribution in [0, 0.1) is 11.3 Å². The molecule has 1 aromatic heterocycles. The van der Waals surface area contributed by atoms with Gasteiger partial charge in [-0.2, -0.15) is 18.4 Å². The van der Waals surface area contributed by atoms with Crippen molar-refractivity contribution in [3.8, 4) is 17.7 Å². The number of halogens is 3. The lowest BCUT2D eigenvalue weighted by Crippen LogP contribution is -2.04. The van der Waals surface area contributed by atoms with Gasteiger partial charge in [0.1, 0.15) is 17.5 Å². The largest absolute Gasteiger partial charge is 0.437 e. The Morgan fingerprint density at radius 3 is 2.35 bits per heavy atom. The highest BCUT2D eigenvalue weighted by atomic mass is 19.4. The van der Waals surface area contributed by atoms with E-state index in [0.717, 1.165) is 24.3 Å². The molecule has 0 spiro atoms. The first-order chi connectivity index (χ1) is 9.41. The number of nitriles is 1. The van der Waals surface area contributed by atoms with E-state index < -0.39 is 11.7 Å². The fraction of sp³-hybridized carbons (Fsp3) is 0.0769. The number of anilines is 1. The first-order valence-electron chi connectivity index (χ1n) is 5.41. The number of rotatable bonds is 2. The van der Waals surface area contributed by atoms with Crippen LogP contribution in [0.4, 0.5) is 18.9 Å². The zero-order valence-electron chi connectivity index (χ0n) is 9.98. The van der Waals surface area contributed by atoms with E-state index in [1.165, 1.54) is 12.3 Å². The van der Waals surface area contributed by atoms with Gasteiger partial charge in [0.25, 0.3) is 0 Å². The minimum atomic E-state index is -4.41. The van der Waals surface area contributed by atoms with Crippen LogP contribution in [0.5, 0.6) is 11.6 Å². The number of hydrogen-bond acceptors (Lipinski definition) is 4. The van der Waals surface area contributed by atoms with Crippen LogP contribution in [0.15, 0.2) is 36.5 Å². The molecule has 0 aliphatic heterocycles. The van der Waals surface area contributed by atoms with Crippen molar-refractivity contribution in [2.24, 2.45) is 0 Å². The molecule has 0 saturated heterocycles. The number of pyridine rings is 1. The molecule has 102 valence electrons. The number of ether oxygens (including phenoxy) is 1. The molecule has 0 fully saturated rings. The van der Waals surface area contributed by atoms with Gasteiger partial charge in [-0.25, -0.2) is 4.98 Å². The van der Waals surface area contributed by atoms with Crippen molar-refractivity contribution in [2.45, 2.75) is 6.18 Å². The second-order valence-electron chi connectivity index (χ2n) is 3.81. The van der Waals surface area contributed by atoms with Crippen molar-refractivity contribution < 1.29 is 17.9 Å². The smallest absolute Gasteiger partial charge is 0.416 e. The van der Waals surface area contributed by atoms with Crippen LogP contribution >= 0.6 is 0 Å². The molecule has 2 aromatic rings. The second-order valence-corrected chi connectivity index (χ2v) is 3.81. The van der Waals surface area contributed by atoms with Crippen LogP contribution in [0.2, 0.25) is 0 Å². The number of aromatic nitrogens is 1. The van der Waals surface area contributed by atoms with Gasteiger partial charge in [-0.05, 0) is 30.3 Å². The monoisotopic (exact) mass is 279 g/mol. The molecule has 0 saturated carbocycles. The Bertz CT molecular complexity index is 660. The Hall–Kier alpha value is -2.75. The van der Waals surface area contributed by atoms with E-state index in [1.54, 1.807) is 0 Å². The topological polar surface area (TPSA) is 71.9 Å². The third-order valence-corrected chi connectivity index (χ3v) is 2.47. The number of alkyl halides is 3. The quantitative estimate of drug-likeness (QED) is 0.915. The molecule has 20 heavy (non-hydrogen) atoms. The summed E-state index contributed by atoms with van der Waals surface area (Å²) in [5.41, 5.74) is 5.09. The predicted molar refractivity (Wildman–Crippen MR) is 64.9 cm³/mol. The number of nitrogen functional groups attached to an aromatic ring is 1. The van der Waals surface area contributed by atoms with Crippen molar-refractivity contribution in [1.29, 1.82) is 5.26 Å². The van der Waals surface area contributed by atoms with E-state index in [2.05, 4.69) is 4.98 Å². The fourth-order valence-corrected chi connectivity index (χ4v) is 1.46. The summed E-state index contributed by atoms with van der Waals surface area (Å²) in [6, 6.07) is 7.36. The molecule has 0 unspecified atom stereocenters. The predicted octanol–water partition coefficient (Wildman–Crippen LogP) is 3.35. The zero-order valence-corrected chi connectivity index (χ0v) is 9.98. The molecular weight excluding hydrogens is 271 g/mol. The van der Waals surface area contributed by atoms with Crippen LogP contribution in [-0.2, 0) is 6.18 Å². The third-order valence-electron chi connectivity index (χ3n) is 2.47. The van der Waals surface area contributed by atoms with Crippen molar-refractivity contribution >= 4 is 5.69 Å². The van der Waals surface area contributed by atoms with Crippen molar-refractivity contribution in [1.82, 2.24) is 4.98 Å². The average Bonchev–Trinajstić information content (AvgIpc) is 2.41. The van der Waals surface area contributed by atoms with Crippen molar-refractivity contribution in [3.05, 3.63) is 47.7 Å². The van der Waals surface area contributed by atoms with E-state index in [-0.39, 0.29) is 22.9 Å². The van der Waals surface area contributed by atoms with Gasteiger partial charge in [-0.3, -0.25) is 0 Å². The molecule has 2 rings (SSSR count). The Morgan fingerprint density at radius 2 is 1.80 bits per heavy atom. The van der Waals surface area contributed by atoms with Gasteiger partial charge in [0.2, 0.25) is 5.88 Å². The molecule has 2 N–H and O–H groups in total. The van der Waals surface area contributed by atoms with Crippen LogP contribution in [0.3, 0.4) is 0 Å². The van der Waals surface area contributed by atoms with E-state index in [0.29, 0.717) is 0 Å². The van der Waals surface area contributed by atoms with E-state index in [9.17, 15) is 13.2 Å². The summed E-state index contributed by atoms with van der Waals surface area (Å²) in [4.78, 5) is 3.83. The lowest BCUT2D eigenvalue weighted by Gasteiger charge is -2.10. The lowest BCUT2D eigenvalue weighted by molar-refractivity contribution is -0.137. The average molecular weight is 279 g/mol. The van der Waals surface area contributed by atoms with E-state index in [4.69, 9.17) is 15.7 Å². The summed E-state index contributed by atoms with van der Waals surface area (Å²) in [7, 11) is 0. The third kappa shape index (κ3) is 2.80. The molecular formula is C13H8F3N3O. The number of hydrogen-bond donors (Lipinski definition) is 1. The second kappa shape index (κ2) is 5.09. The minimum absolute atomic E-state index is 0.0243. The molecule has 7 heteroatoms. The first kappa shape index (κ1) is 13.7. The fourth-order valence-electron chi connectivity index (χ4n) is 1.46. The molecule has 1 aromatic carbocycles. The van der Waals surface area contributed by atoms with Crippen LogP contribution < -0.4 is 10.5 Å². The Balaban J connectivity index is 2.26. The molecule has 1 heterocycles. The first-order valence-corrected chi connectivity index (χ1v) is 5.41. The molecule has 0 aliphatic rings. The Labute approximate surface area is 112 Å². The van der Waals surface area contributed by atoms with Gasteiger partial charge in [-0.15, -0.1) is 0 Å². The SMILES string of the molecule is N#Cc1ccnc(Oc2ccc(C(F)(F)F)cc2)c1N. The summed E-state index contributed by atoms with van der Waals surface area (Å²) < 4.78 is 42.5. The normalized spacial score (nSPS) is 10.9. The maximum absolute atomic E-state index is 12.4. The van der Waals surface area contributed by atoms with Gasteiger partial charge in [-0.1, -0.05) is 0 Å². The van der Waals surface area contributed by atoms with E-state index in [1.807, 2.05) is 6.07 Å². The molecule has 4 nitrogen and oxygen atoms in total. The molecule has 0 amide bonds. The summed E-state index contributed by atoms with van der Waals surface area (Å²) in [5.74, 6) is 0.121. The van der Waals surface area contributed by atoms with Crippen molar-refractivity contribution in [3.63, 3.8) is 0 Å². The van der Waals surface area contributed by atoms with Gasteiger partial charge in [0, 0.05) is 6.20 Å². The van der Waals surface area contributed by atoms with E-state index >= 15 is 0 Å². The number of nitrogens with two attached hydrogens (primary N) is 1. The minimum Gasteiger partial charge on any atom is -0.437 e. The summed E-state index contributed by atoms with van der Waals surface area (Å²) in [6.07, 6.45) is -3.08. The van der Waals surface area contributed by atoms with Crippen LogP contribution in [0.25, 0.3) is 0 Å². The lowest BCUT2D eigenvalue weighted by atomic mass is 10.2. The highest BCUT2D eigenvalue weighted by Crippen LogP contribution is 2.32. The molecule has 0 radical (unpaired) electrons. The summed E-state index contributed by atoms with van der Waals surface area (Å²) in [6.45, 7) is 0. The highest BCUT2D eigenvalue weighted by molar-refractivity contribution is 5.60. The van der Waals surface area contributed by atoms with Crippen LogP contribution in [0.1, 0.15) is 11.1 Å². The summed E-state index contributed by atoms with van der Waals surface area (Å²) in [5, 5.41) is 8.80. The standard InChI is InChI=1S/C13H8F3N3O/c14-13(15,16)9-1-3-10(4-2-9)20-12-11(18)8(7-17)5-6-19-12/h1-6H,18H2. The number of benzene rings is 1. The van der Waals surface area contributed by atoms with Crippen LogP contribution in [-0.4, -0.2) is 4.98 Å². The highest BCUT2D eigenvalue weighted by Gasteiger charge is 2.30. The van der Waals surface area contributed by atoms with Gasteiger partial charge < -0.3 is 10.5 Å². The maximum Gasteiger partial charge on any atom is 0.416 e.